The van der Waals surface area contributed by atoms with E-state index < -0.39 is 22.2 Å². The topological polar surface area (TPSA) is 51.6 Å². The van der Waals surface area contributed by atoms with Crippen molar-refractivity contribution in [1.82, 2.24) is 0 Å². The minimum Gasteiger partial charge on any atom is -0.298 e. The Kier molecular flexibility index (Phi) is 5.96. The molecule has 2 unspecified atom stereocenters. The van der Waals surface area contributed by atoms with Crippen molar-refractivity contribution in [3.05, 3.63) is 81.1 Å². The van der Waals surface area contributed by atoms with Crippen molar-refractivity contribution in [3.63, 3.8) is 0 Å². The minimum absolute atomic E-state index is 0.130. The first kappa shape index (κ1) is 23.2. The molecule has 0 bridgehead atoms. The van der Waals surface area contributed by atoms with Crippen molar-refractivity contribution < 1.29 is 9.59 Å². The third-order valence-electron chi connectivity index (χ3n) is 7.55. The van der Waals surface area contributed by atoms with Crippen molar-refractivity contribution in [2.75, 3.05) is 0 Å². The van der Waals surface area contributed by atoms with Gasteiger partial charge in [-0.2, -0.15) is 0 Å². The molecule has 0 spiro atoms. The number of carbonyl (C=O) groups excluding carboxylic acids is 2. The summed E-state index contributed by atoms with van der Waals surface area (Å²) >= 11 is 0. The van der Waals surface area contributed by atoms with E-state index in [4.69, 9.17) is 26.3 Å². The molecule has 32 heavy (non-hydrogen) atoms. The van der Waals surface area contributed by atoms with Gasteiger partial charge in [0.1, 0.15) is 35.6 Å². The predicted molar refractivity (Wildman–Crippen MR) is 120 cm³/mol. The SMILES string of the molecule is [C-]#[N+]C1([N+]#[C-])CC=CCC2(C)C(=O)CC=C12.[C-]#[N+]C1([N+]#[C-])CCCCC2(C)C(=O)CC=C12. The Balaban J connectivity index is 0.000000181. The largest absolute Gasteiger partial charge is 0.510 e. The lowest BCUT2D eigenvalue weighted by Crippen LogP contribution is -2.34. The van der Waals surface area contributed by atoms with Crippen LogP contribution in [0.15, 0.2) is 35.5 Å². The van der Waals surface area contributed by atoms with Crippen molar-refractivity contribution in [2.45, 2.75) is 76.5 Å². The molecule has 1 fully saturated rings. The Hall–Kier alpha value is -3.48. The van der Waals surface area contributed by atoms with Gasteiger partial charge in [0.25, 0.3) is 0 Å². The summed E-state index contributed by atoms with van der Waals surface area (Å²) in [6.45, 7) is 32.9. The van der Waals surface area contributed by atoms with Crippen molar-refractivity contribution in [1.29, 1.82) is 0 Å². The second-order valence-electron chi connectivity index (χ2n) is 9.32. The summed E-state index contributed by atoms with van der Waals surface area (Å²) < 4.78 is 0. The molecular weight excluding hydrogens is 400 g/mol. The first-order valence-corrected chi connectivity index (χ1v) is 10.9. The van der Waals surface area contributed by atoms with Gasteiger partial charge in [0.15, 0.2) is 0 Å². The highest BCUT2D eigenvalue weighted by Gasteiger charge is 2.61. The van der Waals surface area contributed by atoms with Gasteiger partial charge < -0.3 is 0 Å². The Morgan fingerprint density at radius 2 is 1.16 bits per heavy atom. The molecule has 6 nitrogen and oxygen atoms in total. The van der Waals surface area contributed by atoms with Crippen LogP contribution < -0.4 is 0 Å². The maximum atomic E-state index is 11.9. The van der Waals surface area contributed by atoms with E-state index in [1.807, 2.05) is 32.1 Å². The van der Waals surface area contributed by atoms with Gasteiger partial charge in [0.05, 0.1) is 10.8 Å². The van der Waals surface area contributed by atoms with E-state index in [0.29, 0.717) is 32.1 Å². The van der Waals surface area contributed by atoms with E-state index in [-0.39, 0.29) is 11.6 Å². The number of rotatable bonds is 0. The van der Waals surface area contributed by atoms with E-state index in [2.05, 4.69) is 19.4 Å². The molecule has 0 N–H and O–H groups in total. The highest BCUT2D eigenvalue weighted by atomic mass is 16.1. The lowest BCUT2D eigenvalue weighted by molar-refractivity contribution is -0.125. The van der Waals surface area contributed by atoms with Crippen LogP contribution in [0.2, 0.25) is 0 Å². The first-order chi connectivity index (χ1) is 15.2. The van der Waals surface area contributed by atoms with Crippen LogP contribution in [0.5, 0.6) is 0 Å². The zero-order valence-corrected chi connectivity index (χ0v) is 18.6. The molecule has 0 aliphatic heterocycles. The molecule has 162 valence electrons. The summed E-state index contributed by atoms with van der Waals surface area (Å²) in [5.74, 6) is 0.312. The van der Waals surface area contributed by atoms with Crippen molar-refractivity contribution in [3.8, 4) is 0 Å². The third-order valence-corrected chi connectivity index (χ3v) is 7.55. The number of Topliss-reactive ketones (excluding diaryl/α,β-unsaturated/α-hetero) is 2. The summed E-state index contributed by atoms with van der Waals surface area (Å²) in [7, 11) is 0. The van der Waals surface area contributed by atoms with E-state index in [0.717, 1.165) is 30.4 Å². The second-order valence-corrected chi connectivity index (χ2v) is 9.32. The fourth-order valence-electron chi connectivity index (χ4n) is 5.45. The molecule has 0 amide bonds. The number of hydrogen-bond acceptors (Lipinski definition) is 2. The molecule has 4 aliphatic carbocycles. The van der Waals surface area contributed by atoms with Gasteiger partial charge in [-0.25, -0.2) is 45.7 Å². The molecule has 0 aromatic heterocycles. The summed E-state index contributed by atoms with van der Waals surface area (Å²) in [6, 6.07) is 0. The van der Waals surface area contributed by atoms with Gasteiger partial charge in [-0.15, -0.1) is 0 Å². The number of nitrogens with zero attached hydrogens (tertiary/aromatic N) is 4. The molecule has 4 rings (SSSR count). The van der Waals surface area contributed by atoms with Crippen molar-refractivity contribution in [2.24, 2.45) is 10.8 Å². The first-order valence-electron chi connectivity index (χ1n) is 10.9. The molecule has 6 heteroatoms. The van der Waals surface area contributed by atoms with Gasteiger partial charge >= 0.3 is 11.3 Å². The Morgan fingerprint density at radius 1 is 0.688 bits per heavy atom. The van der Waals surface area contributed by atoms with Crippen LogP contribution in [0.25, 0.3) is 19.4 Å². The number of fused-ring (bicyclic) bond motifs is 2. The van der Waals surface area contributed by atoms with E-state index >= 15 is 0 Å². The van der Waals surface area contributed by atoms with E-state index in [1.54, 1.807) is 6.08 Å². The van der Waals surface area contributed by atoms with Crippen LogP contribution in [0.3, 0.4) is 0 Å². The highest BCUT2D eigenvalue weighted by molar-refractivity contribution is 5.93. The summed E-state index contributed by atoms with van der Waals surface area (Å²) in [5.41, 5.74) is -1.91. The number of ketones is 2. The number of carbonyl (C=O) groups is 2. The fraction of sp³-hybridized carbons (Fsp3) is 0.538. The van der Waals surface area contributed by atoms with Gasteiger partial charge in [0, 0.05) is 12.8 Å². The molecule has 0 saturated heterocycles. The Morgan fingerprint density at radius 3 is 1.72 bits per heavy atom. The maximum absolute atomic E-state index is 11.9. The quantitative estimate of drug-likeness (QED) is 0.364. The van der Waals surface area contributed by atoms with Gasteiger partial charge in [-0.3, -0.25) is 9.59 Å². The zero-order valence-electron chi connectivity index (χ0n) is 18.6. The van der Waals surface area contributed by atoms with Crippen LogP contribution in [-0.4, -0.2) is 22.9 Å². The molecule has 0 aromatic carbocycles. The number of allylic oxidation sites excluding steroid dienone is 3. The highest BCUT2D eigenvalue weighted by Crippen LogP contribution is 2.52. The third kappa shape index (κ3) is 3.28. The molecule has 0 aromatic rings. The molecule has 0 radical (unpaired) electrons. The van der Waals surface area contributed by atoms with E-state index in [9.17, 15) is 9.59 Å². The fourth-order valence-corrected chi connectivity index (χ4v) is 5.45. The zero-order chi connectivity index (χ0) is 23.6. The average Bonchev–Trinajstić information content (AvgIpc) is 3.14. The normalized spacial score (nSPS) is 31.4. The molecule has 4 aliphatic rings. The second kappa shape index (κ2) is 8.22. The molecule has 1 saturated carbocycles. The summed E-state index contributed by atoms with van der Waals surface area (Å²) in [5, 5.41) is 0. The summed E-state index contributed by atoms with van der Waals surface area (Å²) in [4.78, 5) is 38.0. The standard InChI is InChI=1S/C13H14N2O.C13H12N2O/c2*1-12-8-4-5-9-13(14-2,15-3)10(12)6-7-11(12)16/h6H,4-5,7-9H2,1H3;4-6H,7-9H2,1H3. The smallest absolute Gasteiger partial charge is 0.298 e. The van der Waals surface area contributed by atoms with Gasteiger partial charge in [-0.05, 0) is 33.1 Å². The van der Waals surface area contributed by atoms with Gasteiger partial charge in [-0.1, -0.05) is 30.7 Å². The molecule has 2 atom stereocenters. The van der Waals surface area contributed by atoms with E-state index in [1.165, 1.54) is 0 Å². The Bertz CT molecular complexity index is 1080. The monoisotopic (exact) mass is 426 g/mol. The van der Waals surface area contributed by atoms with Crippen LogP contribution in [-0.2, 0) is 9.59 Å². The lowest BCUT2D eigenvalue weighted by atomic mass is 9.75. The van der Waals surface area contributed by atoms with Crippen molar-refractivity contribution >= 4 is 11.6 Å². The van der Waals surface area contributed by atoms with Crippen LogP contribution >= 0.6 is 0 Å². The minimum atomic E-state index is -1.17. The van der Waals surface area contributed by atoms with Crippen LogP contribution in [0.1, 0.15) is 65.2 Å². The van der Waals surface area contributed by atoms with Crippen LogP contribution in [0, 0.1) is 37.1 Å². The predicted octanol–water partition coefficient (Wildman–Crippen LogP) is 5.78. The average molecular weight is 427 g/mol. The number of hydrogen-bond donors (Lipinski definition) is 0. The van der Waals surface area contributed by atoms with Crippen LogP contribution in [0.4, 0.5) is 0 Å². The lowest BCUT2D eigenvalue weighted by Gasteiger charge is -2.24. The molecular formula is C26H26N4O2. The van der Waals surface area contributed by atoms with Gasteiger partial charge in [0.2, 0.25) is 0 Å². The summed E-state index contributed by atoms with van der Waals surface area (Å²) in [6.07, 6.45) is 12.4. The molecule has 0 heterocycles. The Labute approximate surface area is 190 Å². The maximum Gasteiger partial charge on any atom is 0.510 e.